The van der Waals surface area contributed by atoms with Crippen molar-refractivity contribution in [1.29, 1.82) is 0 Å². The van der Waals surface area contributed by atoms with E-state index in [0.717, 1.165) is 5.75 Å². The summed E-state index contributed by atoms with van der Waals surface area (Å²) in [5, 5.41) is 2.80. The number of rotatable bonds is 6. The third-order valence-electron chi connectivity index (χ3n) is 2.35. The number of alkyl halides is 1. The van der Waals surface area contributed by atoms with Crippen molar-refractivity contribution in [3.05, 3.63) is 30.3 Å². The maximum absolute atomic E-state index is 11.7. The van der Waals surface area contributed by atoms with Gasteiger partial charge in [-0.2, -0.15) is 0 Å². The highest BCUT2D eigenvalue weighted by molar-refractivity contribution is 6.19. The molecule has 0 atom stereocenters. The molecule has 0 fully saturated rings. The van der Waals surface area contributed by atoms with Crippen LogP contribution in [0.5, 0.6) is 5.75 Å². The molecule has 1 aromatic carbocycles. The fourth-order valence-corrected chi connectivity index (χ4v) is 1.27. The number of carbonyl (C=O) groups excluding carboxylic acids is 1. The number of benzene rings is 1. The molecule has 0 spiro atoms. The molecule has 1 rings (SSSR count). The lowest BCUT2D eigenvalue weighted by Gasteiger charge is -2.20. The van der Waals surface area contributed by atoms with E-state index in [1.165, 1.54) is 0 Å². The zero-order valence-electron chi connectivity index (χ0n) is 10.2. The van der Waals surface area contributed by atoms with Gasteiger partial charge in [-0.15, -0.1) is 11.6 Å². The topological polar surface area (TPSA) is 38.3 Å². The van der Waals surface area contributed by atoms with Crippen LogP contribution in [0.25, 0.3) is 0 Å². The van der Waals surface area contributed by atoms with Crippen LogP contribution in [0.15, 0.2) is 30.3 Å². The summed E-state index contributed by atoms with van der Waals surface area (Å²) >= 11 is 5.70. The van der Waals surface area contributed by atoms with E-state index in [9.17, 15) is 4.79 Å². The summed E-state index contributed by atoms with van der Waals surface area (Å²) in [6, 6.07) is 9.50. The van der Waals surface area contributed by atoms with Gasteiger partial charge >= 0.3 is 0 Å². The largest absolute Gasteiger partial charge is 0.492 e. The molecule has 3 nitrogen and oxygen atoms in total. The molecule has 0 unspecified atom stereocenters. The van der Waals surface area contributed by atoms with Gasteiger partial charge in [0.15, 0.2) is 0 Å². The summed E-state index contributed by atoms with van der Waals surface area (Å²) < 4.78 is 5.45. The van der Waals surface area contributed by atoms with Gasteiger partial charge in [-0.25, -0.2) is 0 Å². The molecule has 0 aliphatic heterocycles. The van der Waals surface area contributed by atoms with Crippen LogP contribution in [-0.4, -0.2) is 24.9 Å². The first-order chi connectivity index (χ1) is 8.06. The Balaban J connectivity index is 2.23. The second-order valence-corrected chi connectivity index (χ2v) is 4.70. The van der Waals surface area contributed by atoms with Crippen molar-refractivity contribution in [3.8, 4) is 5.75 Å². The number of halogens is 1. The van der Waals surface area contributed by atoms with Crippen molar-refractivity contribution in [2.45, 2.75) is 13.8 Å². The Hall–Kier alpha value is -1.22. The standard InChI is InChI=1S/C13H18ClNO2/c1-13(2,10-14)12(16)15-8-9-17-11-6-4-3-5-7-11/h3-7H,8-10H2,1-2H3,(H,15,16). The lowest BCUT2D eigenvalue weighted by molar-refractivity contribution is -0.128. The van der Waals surface area contributed by atoms with Crippen LogP contribution in [0.4, 0.5) is 0 Å². The molecule has 4 heteroatoms. The highest BCUT2D eigenvalue weighted by Crippen LogP contribution is 2.16. The smallest absolute Gasteiger partial charge is 0.226 e. The van der Waals surface area contributed by atoms with Crippen molar-refractivity contribution < 1.29 is 9.53 Å². The van der Waals surface area contributed by atoms with Crippen LogP contribution in [-0.2, 0) is 4.79 Å². The van der Waals surface area contributed by atoms with E-state index < -0.39 is 5.41 Å². The second-order valence-electron chi connectivity index (χ2n) is 4.43. The molecule has 0 aromatic heterocycles. The molecule has 0 saturated heterocycles. The first kappa shape index (κ1) is 13.8. The minimum absolute atomic E-state index is 0.0517. The van der Waals surface area contributed by atoms with Crippen molar-refractivity contribution >= 4 is 17.5 Å². The van der Waals surface area contributed by atoms with Crippen molar-refractivity contribution in [2.24, 2.45) is 5.41 Å². The third-order valence-corrected chi connectivity index (χ3v) is 3.02. The lowest BCUT2D eigenvalue weighted by Crippen LogP contribution is -2.39. The van der Waals surface area contributed by atoms with E-state index in [4.69, 9.17) is 16.3 Å². The second kappa shape index (κ2) is 6.50. The molecule has 0 aliphatic carbocycles. The maximum atomic E-state index is 11.7. The molecule has 17 heavy (non-hydrogen) atoms. The fourth-order valence-electron chi connectivity index (χ4n) is 1.15. The molecule has 1 aromatic rings. The number of hydrogen-bond acceptors (Lipinski definition) is 2. The number of para-hydroxylation sites is 1. The van der Waals surface area contributed by atoms with Crippen molar-refractivity contribution in [2.75, 3.05) is 19.0 Å². The average Bonchev–Trinajstić information content (AvgIpc) is 2.35. The molecule has 0 aliphatic rings. The highest BCUT2D eigenvalue weighted by atomic mass is 35.5. The van der Waals surface area contributed by atoms with E-state index in [1.54, 1.807) is 0 Å². The molecule has 0 heterocycles. The number of ether oxygens (including phenoxy) is 1. The lowest BCUT2D eigenvalue weighted by atomic mass is 9.95. The summed E-state index contributed by atoms with van der Waals surface area (Å²) in [4.78, 5) is 11.7. The Morgan fingerprint density at radius 1 is 1.35 bits per heavy atom. The van der Waals surface area contributed by atoms with Crippen LogP contribution >= 0.6 is 11.6 Å². The van der Waals surface area contributed by atoms with Gasteiger partial charge in [0, 0.05) is 5.88 Å². The minimum atomic E-state index is -0.533. The zero-order valence-corrected chi connectivity index (χ0v) is 11.0. The Morgan fingerprint density at radius 2 is 2.00 bits per heavy atom. The minimum Gasteiger partial charge on any atom is -0.492 e. The van der Waals surface area contributed by atoms with Crippen LogP contribution in [0.3, 0.4) is 0 Å². The summed E-state index contributed by atoms with van der Waals surface area (Å²) in [5.41, 5.74) is -0.533. The summed E-state index contributed by atoms with van der Waals surface area (Å²) in [6.07, 6.45) is 0. The quantitative estimate of drug-likeness (QED) is 0.626. The van der Waals surface area contributed by atoms with Crippen LogP contribution in [0.1, 0.15) is 13.8 Å². The number of amides is 1. The molecular weight excluding hydrogens is 238 g/mol. The van der Waals surface area contributed by atoms with Gasteiger partial charge in [-0.3, -0.25) is 4.79 Å². The predicted molar refractivity (Wildman–Crippen MR) is 69.4 cm³/mol. The van der Waals surface area contributed by atoms with Gasteiger partial charge in [0.05, 0.1) is 12.0 Å². The van der Waals surface area contributed by atoms with Crippen LogP contribution in [0, 0.1) is 5.41 Å². The molecule has 0 bridgehead atoms. The van der Waals surface area contributed by atoms with Gasteiger partial charge in [-0.05, 0) is 26.0 Å². The van der Waals surface area contributed by atoms with E-state index in [-0.39, 0.29) is 5.91 Å². The number of carbonyl (C=O) groups is 1. The van der Waals surface area contributed by atoms with E-state index in [1.807, 2.05) is 44.2 Å². The molecule has 1 amide bonds. The molecule has 94 valence electrons. The maximum Gasteiger partial charge on any atom is 0.226 e. The monoisotopic (exact) mass is 255 g/mol. The summed E-state index contributed by atoms with van der Waals surface area (Å²) in [7, 11) is 0. The summed E-state index contributed by atoms with van der Waals surface area (Å²) in [5.74, 6) is 1.06. The molecular formula is C13H18ClNO2. The highest BCUT2D eigenvalue weighted by Gasteiger charge is 2.25. The molecule has 0 saturated carbocycles. The summed E-state index contributed by atoms with van der Waals surface area (Å²) in [6.45, 7) is 4.56. The van der Waals surface area contributed by atoms with E-state index >= 15 is 0 Å². The van der Waals surface area contributed by atoms with Crippen molar-refractivity contribution in [3.63, 3.8) is 0 Å². The van der Waals surface area contributed by atoms with Crippen molar-refractivity contribution in [1.82, 2.24) is 5.32 Å². The number of nitrogens with one attached hydrogen (secondary N) is 1. The Kier molecular flexibility index (Phi) is 5.29. The van der Waals surface area contributed by atoms with E-state index in [2.05, 4.69) is 5.32 Å². The SMILES string of the molecule is CC(C)(CCl)C(=O)NCCOc1ccccc1. The average molecular weight is 256 g/mol. The Labute approximate surface area is 107 Å². The first-order valence-corrected chi connectivity index (χ1v) is 6.12. The molecule has 0 radical (unpaired) electrons. The van der Waals surface area contributed by atoms with E-state index in [0.29, 0.717) is 19.0 Å². The Bertz CT molecular complexity index is 352. The Morgan fingerprint density at radius 3 is 2.59 bits per heavy atom. The van der Waals surface area contributed by atoms with Crippen LogP contribution in [0.2, 0.25) is 0 Å². The van der Waals surface area contributed by atoms with Gasteiger partial charge in [-0.1, -0.05) is 18.2 Å². The predicted octanol–water partition coefficient (Wildman–Crippen LogP) is 2.45. The van der Waals surface area contributed by atoms with Gasteiger partial charge in [0.2, 0.25) is 5.91 Å². The van der Waals surface area contributed by atoms with Gasteiger partial charge < -0.3 is 10.1 Å². The van der Waals surface area contributed by atoms with Gasteiger partial charge in [0.25, 0.3) is 0 Å². The van der Waals surface area contributed by atoms with Gasteiger partial charge in [0.1, 0.15) is 12.4 Å². The first-order valence-electron chi connectivity index (χ1n) is 5.58. The molecule has 1 N–H and O–H groups in total. The fraction of sp³-hybridized carbons (Fsp3) is 0.462. The zero-order chi connectivity index (χ0) is 12.7. The number of hydrogen-bond donors (Lipinski definition) is 1. The third kappa shape index (κ3) is 4.65. The normalized spacial score (nSPS) is 11.0. The van der Waals surface area contributed by atoms with Crippen LogP contribution < -0.4 is 10.1 Å².